The second-order valence-electron chi connectivity index (χ2n) is 5.62. The Hall–Kier alpha value is -2.69. The number of nitrogens with one attached hydrogen (secondary N) is 1. The van der Waals surface area contributed by atoms with Crippen molar-refractivity contribution in [3.63, 3.8) is 0 Å². The van der Waals surface area contributed by atoms with Crippen LogP contribution in [-0.2, 0) is 6.54 Å². The largest absolute Gasteiger partial charge is 0.348 e. The normalized spacial score (nSPS) is 13.8. The van der Waals surface area contributed by atoms with Crippen LogP contribution >= 0.6 is 0 Å². The van der Waals surface area contributed by atoms with Gasteiger partial charge in [-0.05, 0) is 48.7 Å². The Morgan fingerprint density at radius 1 is 1.04 bits per heavy atom. The summed E-state index contributed by atoms with van der Waals surface area (Å²) in [6.45, 7) is 2.04. The predicted molar refractivity (Wildman–Crippen MR) is 87.0 cm³/mol. The van der Waals surface area contributed by atoms with Crippen LogP contribution in [0.4, 0.5) is 0 Å². The van der Waals surface area contributed by atoms with E-state index in [4.69, 9.17) is 0 Å². The molecule has 23 heavy (non-hydrogen) atoms. The molecular weight excluding hydrogens is 290 g/mol. The van der Waals surface area contributed by atoms with Crippen molar-refractivity contribution in [3.8, 4) is 0 Å². The van der Waals surface area contributed by atoms with Crippen LogP contribution in [0.5, 0.6) is 0 Å². The Kier molecular flexibility index (Phi) is 4.66. The van der Waals surface area contributed by atoms with Gasteiger partial charge in [0.15, 0.2) is 0 Å². The van der Waals surface area contributed by atoms with Crippen LogP contribution in [0.2, 0.25) is 0 Å². The monoisotopic (exact) mass is 309 g/mol. The molecule has 0 radical (unpaired) electrons. The average Bonchev–Trinajstić information content (AvgIpc) is 3.14. The lowest BCUT2D eigenvalue weighted by Crippen LogP contribution is -2.28. The lowest BCUT2D eigenvalue weighted by Gasteiger charge is -2.15. The number of rotatable bonds is 4. The quantitative estimate of drug-likeness (QED) is 0.942. The summed E-state index contributed by atoms with van der Waals surface area (Å²) in [6.07, 6.45) is 5.49. The minimum Gasteiger partial charge on any atom is -0.348 e. The second kappa shape index (κ2) is 7.05. The number of hydrogen-bond acceptors (Lipinski definition) is 3. The topological polar surface area (TPSA) is 62.3 Å². The third kappa shape index (κ3) is 3.74. The zero-order valence-corrected chi connectivity index (χ0v) is 12.9. The van der Waals surface area contributed by atoms with E-state index in [9.17, 15) is 9.59 Å². The average molecular weight is 309 g/mol. The highest BCUT2D eigenvalue weighted by Crippen LogP contribution is 2.14. The van der Waals surface area contributed by atoms with Crippen molar-refractivity contribution in [1.82, 2.24) is 15.2 Å². The number of nitrogens with zero attached hydrogens (tertiary/aromatic N) is 2. The maximum Gasteiger partial charge on any atom is 0.253 e. The van der Waals surface area contributed by atoms with Crippen molar-refractivity contribution in [1.29, 1.82) is 0 Å². The fraction of sp³-hybridized carbons (Fsp3) is 0.278. The van der Waals surface area contributed by atoms with Crippen LogP contribution in [0.25, 0.3) is 0 Å². The number of aromatic nitrogens is 1. The Morgan fingerprint density at radius 2 is 1.74 bits per heavy atom. The van der Waals surface area contributed by atoms with Gasteiger partial charge in [-0.25, -0.2) is 0 Å². The van der Waals surface area contributed by atoms with Gasteiger partial charge in [0.25, 0.3) is 11.8 Å². The van der Waals surface area contributed by atoms with E-state index >= 15 is 0 Å². The molecule has 2 amide bonds. The molecule has 1 aliphatic heterocycles. The third-order valence-electron chi connectivity index (χ3n) is 3.97. The minimum atomic E-state index is -0.183. The zero-order valence-electron chi connectivity index (χ0n) is 12.9. The van der Waals surface area contributed by atoms with Gasteiger partial charge in [-0.3, -0.25) is 14.6 Å². The van der Waals surface area contributed by atoms with Crippen molar-refractivity contribution >= 4 is 11.8 Å². The molecule has 0 aliphatic carbocycles. The molecule has 1 saturated heterocycles. The first-order valence-electron chi connectivity index (χ1n) is 7.80. The fourth-order valence-electron chi connectivity index (χ4n) is 2.68. The maximum atomic E-state index is 12.4. The number of hydrogen-bond donors (Lipinski definition) is 1. The van der Waals surface area contributed by atoms with Gasteiger partial charge in [0.1, 0.15) is 0 Å². The van der Waals surface area contributed by atoms with Crippen molar-refractivity contribution in [3.05, 3.63) is 65.5 Å². The van der Waals surface area contributed by atoms with E-state index in [-0.39, 0.29) is 11.8 Å². The van der Waals surface area contributed by atoms with Gasteiger partial charge < -0.3 is 10.2 Å². The van der Waals surface area contributed by atoms with Gasteiger partial charge in [-0.1, -0.05) is 6.07 Å². The molecule has 0 spiro atoms. The molecular formula is C18H19N3O2. The molecule has 3 rings (SSSR count). The highest BCUT2D eigenvalue weighted by atomic mass is 16.2. The summed E-state index contributed by atoms with van der Waals surface area (Å²) in [5.74, 6) is -0.177. The summed E-state index contributed by atoms with van der Waals surface area (Å²) >= 11 is 0. The molecule has 5 heteroatoms. The Labute approximate surface area is 135 Å². The summed E-state index contributed by atoms with van der Waals surface area (Å²) in [6, 6.07) is 10.6. The lowest BCUT2D eigenvalue weighted by molar-refractivity contribution is 0.0793. The molecule has 0 atom stereocenters. The number of carbonyl (C=O) groups excluding carboxylic acids is 2. The standard InChI is InChI=1S/C18H19N3O2/c22-17(20-13-14-6-8-19-9-7-14)15-4-3-5-16(12-15)18(23)21-10-1-2-11-21/h3-9,12H,1-2,10-11,13H2,(H,20,22). The first-order chi connectivity index (χ1) is 11.2. The first-order valence-corrected chi connectivity index (χ1v) is 7.80. The van der Waals surface area contributed by atoms with E-state index in [0.29, 0.717) is 17.7 Å². The Morgan fingerprint density at radius 3 is 2.48 bits per heavy atom. The zero-order chi connectivity index (χ0) is 16.1. The first kappa shape index (κ1) is 15.2. The molecule has 2 aromatic rings. The molecule has 0 unspecified atom stereocenters. The smallest absolute Gasteiger partial charge is 0.253 e. The number of pyridine rings is 1. The summed E-state index contributed by atoms with van der Waals surface area (Å²) in [5.41, 5.74) is 2.06. The molecule has 1 aliphatic rings. The summed E-state index contributed by atoms with van der Waals surface area (Å²) in [5, 5.41) is 2.86. The third-order valence-corrected chi connectivity index (χ3v) is 3.97. The molecule has 118 valence electrons. The Bertz CT molecular complexity index is 694. The number of likely N-dealkylation sites (tertiary alicyclic amines) is 1. The molecule has 1 fully saturated rings. The van der Waals surface area contributed by atoms with E-state index in [0.717, 1.165) is 31.5 Å². The SMILES string of the molecule is O=C(NCc1ccncc1)c1cccc(C(=O)N2CCCC2)c1. The molecule has 1 aromatic heterocycles. The molecule has 0 saturated carbocycles. The van der Waals surface area contributed by atoms with E-state index in [1.54, 1.807) is 36.7 Å². The minimum absolute atomic E-state index is 0.00582. The summed E-state index contributed by atoms with van der Waals surface area (Å²) in [4.78, 5) is 30.4. The van der Waals surface area contributed by atoms with Crippen LogP contribution in [0.15, 0.2) is 48.8 Å². The molecule has 0 bridgehead atoms. The van der Waals surface area contributed by atoms with Crippen LogP contribution in [0.1, 0.15) is 39.1 Å². The Balaban J connectivity index is 1.66. The van der Waals surface area contributed by atoms with Crippen molar-refractivity contribution in [2.24, 2.45) is 0 Å². The van der Waals surface area contributed by atoms with Crippen molar-refractivity contribution in [2.45, 2.75) is 19.4 Å². The molecule has 2 heterocycles. The van der Waals surface area contributed by atoms with Gasteiger partial charge in [0.05, 0.1) is 0 Å². The van der Waals surface area contributed by atoms with E-state index < -0.39 is 0 Å². The second-order valence-corrected chi connectivity index (χ2v) is 5.62. The van der Waals surface area contributed by atoms with Gasteiger partial charge in [0, 0.05) is 43.2 Å². The van der Waals surface area contributed by atoms with E-state index in [1.165, 1.54) is 0 Å². The predicted octanol–water partition coefficient (Wildman–Crippen LogP) is 2.25. The van der Waals surface area contributed by atoms with Crippen LogP contribution in [0, 0.1) is 0 Å². The number of benzene rings is 1. The highest BCUT2D eigenvalue weighted by molar-refractivity contribution is 5.99. The molecule has 5 nitrogen and oxygen atoms in total. The van der Waals surface area contributed by atoms with Crippen LogP contribution in [0.3, 0.4) is 0 Å². The number of amides is 2. The summed E-state index contributed by atoms with van der Waals surface area (Å²) in [7, 11) is 0. The maximum absolute atomic E-state index is 12.4. The van der Waals surface area contributed by atoms with Gasteiger partial charge in [-0.15, -0.1) is 0 Å². The highest BCUT2D eigenvalue weighted by Gasteiger charge is 2.20. The summed E-state index contributed by atoms with van der Waals surface area (Å²) < 4.78 is 0. The van der Waals surface area contributed by atoms with Gasteiger partial charge in [-0.2, -0.15) is 0 Å². The van der Waals surface area contributed by atoms with Crippen LogP contribution < -0.4 is 5.32 Å². The van der Waals surface area contributed by atoms with Gasteiger partial charge in [0.2, 0.25) is 0 Å². The van der Waals surface area contributed by atoms with Crippen molar-refractivity contribution < 1.29 is 9.59 Å². The number of carbonyl (C=O) groups is 2. The van der Waals surface area contributed by atoms with E-state index in [2.05, 4.69) is 10.3 Å². The van der Waals surface area contributed by atoms with E-state index in [1.807, 2.05) is 17.0 Å². The lowest BCUT2D eigenvalue weighted by atomic mass is 10.1. The van der Waals surface area contributed by atoms with Crippen LogP contribution in [-0.4, -0.2) is 34.8 Å². The molecule has 1 aromatic carbocycles. The molecule has 1 N–H and O–H groups in total. The van der Waals surface area contributed by atoms with Gasteiger partial charge >= 0.3 is 0 Å². The van der Waals surface area contributed by atoms with Crippen molar-refractivity contribution in [2.75, 3.05) is 13.1 Å². The fourth-order valence-corrected chi connectivity index (χ4v) is 2.68.